The summed E-state index contributed by atoms with van der Waals surface area (Å²) in [4.78, 5) is 17.8. The number of benzene rings is 2. The van der Waals surface area contributed by atoms with E-state index in [1.807, 2.05) is 72.3 Å². The smallest absolute Gasteiger partial charge is 0.264 e. The lowest BCUT2D eigenvalue weighted by Gasteiger charge is -2.14. The van der Waals surface area contributed by atoms with Gasteiger partial charge in [0.1, 0.15) is 4.88 Å². The average Bonchev–Trinajstić information content (AvgIpc) is 3.29. The lowest BCUT2D eigenvalue weighted by Crippen LogP contribution is -2.26. The largest absolute Gasteiger partial charge is 0.345 e. The van der Waals surface area contributed by atoms with Crippen molar-refractivity contribution in [3.8, 4) is 5.69 Å². The van der Waals surface area contributed by atoms with Gasteiger partial charge in [0.15, 0.2) is 0 Å². The molecular formula is C20H17N3OS. The first-order valence-corrected chi connectivity index (χ1v) is 8.91. The van der Waals surface area contributed by atoms with Crippen LogP contribution >= 0.6 is 11.3 Å². The Morgan fingerprint density at radius 2 is 1.88 bits per heavy atom. The molecule has 4 rings (SSSR count). The lowest BCUT2D eigenvalue weighted by atomic mass is 10.1. The summed E-state index contributed by atoms with van der Waals surface area (Å²) in [6.45, 7) is 2.00. The molecule has 1 N–H and O–H groups in total. The number of aromatic nitrogens is 2. The summed E-state index contributed by atoms with van der Waals surface area (Å²) in [5.41, 5.74) is 1.97. The molecule has 0 aliphatic carbocycles. The van der Waals surface area contributed by atoms with Crippen molar-refractivity contribution < 1.29 is 4.79 Å². The van der Waals surface area contributed by atoms with E-state index in [0.29, 0.717) is 4.88 Å². The molecule has 5 heteroatoms. The maximum atomic E-state index is 13.0. The number of nitrogens with one attached hydrogen (secondary N) is 1. The number of thiophene rings is 1. The highest BCUT2D eigenvalue weighted by molar-refractivity contribution is 7.21. The Morgan fingerprint density at radius 3 is 2.64 bits per heavy atom. The van der Waals surface area contributed by atoms with Crippen LogP contribution in [0.5, 0.6) is 0 Å². The van der Waals surface area contributed by atoms with Gasteiger partial charge in [0.25, 0.3) is 5.91 Å². The fourth-order valence-electron chi connectivity index (χ4n) is 2.92. The molecule has 2 aromatic carbocycles. The van der Waals surface area contributed by atoms with Gasteiger partial charge < -0.3 is 9.88 Å². The number of fused-ring (bicyclic) bond motifs is 1. The maximum Gasteiger partial charge on any atom is 0.264 e. The highest BCUT2D eigenvalue weighted by Gasteiger charge is 2.21. The van der Waals surface area contributed by atoms with Crippen LogP contribution in [-0.2, 0) is 0 Å². The molecule has 1 unspecified atom stereocenters. The molecule has 25 heavy (non-hydrogen) atoms. The molecule has 4 nitrogen and oxygen atoms in total. The van der Waals surface area contributed by atoms with E-state index in [2.05, 4.69) is 10.3 Å². The van der Waals surface area contributed by atoms with Crippen molar-refractivity contribution in [2.75, 3.05) is 0 Å². The molecule has 124 valence electrons. The van der Waals surface area contributed by atoms with E-state index in [-0.39, 0.29) is 11.9 Å². The third-order valence-corrected chi connectivity index (χ3v) is 5.34. The predicted octanol–water partition coefficient (Wildman–Crippen LogP) is 4.58. The summed E-state index contributed by atoms with van der Waals surface area (Å²) in [5.74, 6) is -0.0683. The van der Waals surface area contributed by atoms with Crippen molar-refractivity contribution in [1.82, 2.24) is 14.9 Å². The van der Waals surface area contributed by atoms with E-state index in [9.17, 15) is 4.79 Å². The van der Waals surface area contributed by atoms with Crippen LogP contribution in [0.15, 0.2) is 73.3 Å². The number of hydrogen-bond acceptors (Lipinski definition) is 3. The lowest BCUT2D eigenvalue weighted by molar-refractivity contribution is 0.0944. The van der Waals surface area contributed by atoms with E-state index in [1.165, 1.54) is 11.3 Å². The van der Waals surface area contributed by atoms with Crippen LogP contribution in [-0.4, -0.2) is 15.5 Å². The summed E-state index contributed by atoms with van der Waals surface area (Å²) < 4.78 is 2.99. The van der Waals surface area contributed by atoms with Crippen molar-refractivity contribution in [3.63, 3.8) is 0 Å². The standard InChI is InChI=1S/C20H17N3OS/c1-14(15-7-3-2-4-8-15)22-20(24)19-18(23-12-11-21-13-23)16-9-5-6-10-17(16)25-19/h2-14H,1H3,(H,22,24). The van der Waals surface area contributed by atoms with Crippen LogP contribution in [0.4, 0.5) is 0 Å². The average molecular weight is 347 g/mol. The Labute approximate surface area is 149 Å². The number of carbonyl (C=O) groups excluding carboxylic acids is 1. The Hall–Kier alpha value is -2.92. The minimum atomic E-state index is -0.0683. The fourth-order valence-corrected chi connectivity index (χ4v) is 4.03. The fraction of sp³-hybridized carbons (Fsp3) is 0.100. The first-order chi connectivity index (χ1) is 12.2. The summed E-state index contributed by atoms with van der Waals surface area (Å²) in [7, 11) is 0. The molecule has 0 aliphatic heterocycles. The molecule has 2 aromatic heterocycles. The van der Waals surface area contributed by atoms with Crippen LogP contribution < -0.4 is 5.32 Å². The van der Waals surface area contributed by atoms with Crippen LogP contribution in [0.3, 0.4) is 0 Å². The van der Waals surface area contributed by atoms with Gasteiger partial charge in [0, 0.05) is 22.5 Å². The van der Waals surface area contributed by atoms with Gasteiger partial charge in [-0.1, -0.05) is 48.5 Å². The Balaban J connectivity index is 1.73. The highest BCUT2D eigenvalue weighted by atomic mass is 32.1. The SMILES string of the molecule is CC(NC(=O)c1sc2ccccc2c1-n1ccnc1)c1ccccc1. The minimum Gasteiger partial charge on any atom is -0.345 e. The highest BCUT2D eigenvalue weighted by Crippen LogP contribution is 2.34. The van der Waals surface area contributed by atoms with E-state index in [1.54, 1.807) is 12.5 Å². The van der Waals surface area contributed by atoms with Crippen LogP contribution in [0.1, 0.15) is 28.2 Å². The number of rotatable bonds is 4. The van der Waals surface area contributed by atoms with Crippen molar-refractivity contribution in [1.29, 1.82) is 0 Å². The third-order valence-electron chi connectivity index (χ3n) is 4.19. The zero-order chi connectivity index (χ0) is 17.2. The van der Waals surface area contributed by atoms with E-state index in [4.69, 9.17) is 0 Å². The summed E-state index contributed by atoms with van der Waals surface area (Å²) >= 11 is 1.51. The van der Waals surface area contributed by atoms with Crippen molar-refractivity contribution in [2.45, 2.75) is 13.0 Å². The van der Waals surface area contributed by atoms with Crippen molar-refractivity contribution in [2.24, 2.45) is 0 Å². The molecular weight excluding hydrogens is 330 g/mol. The van der Waals surface area contributed by atoms with Gasteiger partial charge >= 0.3 is 0 Å². The van der Waals surface area contributed by atoms with Gasteiger partial charge in [-0.25, -0.2) is 4.98 Å². The number of imidazole rings is 1. The number of nitrogens with zero attached hydrogens (tertiary/aromatic N) is 2. The molecule has 0 saturated heterocycles. The van der Waals surface area contributed by atoms with Crippen molar-refractivity contribution >= 4 is 27.3 Å². The van der Waals surface area contributed by atoms with Gasteiger partial charge in [0.05, 0.1) is 18.1 Å². The molecule has 4 aromatic rings. The Bertz CT molecular complexity index is 1010. The van der Waals surface area contributed by atoms with Gasteiger partial charge in [0.2, 0.25) is 0 Å². The molecule has 0 fully saturated rings. The summed E-state index contributed by atoms with van der Waals surface area (Å²) in [5, 5.41) is 4.17. The van der Waals surface area contributed by atoms with Gasteiger partial charge in [-0.3, -0.25) is 4.79 Å². The number of carbonyl (C=O) groups is 1. The summed E-state index contributed by atoms with van der Waals surface area (Å²) in [6.07, 6.45) is 5.32. The van der Waals surface area contributed by atoms with Gasteiger partial charge in [-0.2, -0.15) is 0 Å². The molecule has 1 atom stereocenters. The molecule has 0 spiro atoms. The van der Waals surface area contributed by atoms with E-state index in [0.717, 1.165) is 21.3 Å². The molecule has 0 radical (unpaired) electrons. The van der Waals surface area contributed by atoms with Crippen LogP contribution in [0, 0.1) is 0 Å². The second-order valence-electron chi connectivity index (χ2n) is 5.85. The van der Waals surface area contributed by atoms with Crippen molar-refractivity contribution in [3.05, 3.63) is 83.8 Å². The van der Waals surface area contributed by atoms with Gasteiger partial charge in [-0.05, 0) is 18.6 Å². The molecule has 0 aliphatic rings. The van der Waals surface area contributed by atoms with E-state index >= 15 is 0 Å². The Morgan fingerprint density at radius 1 is 1.12 bits per heavy atom. The molecule has 1 amide bonds. The van der Waals surface area contributed by atoms with Crippen LogP contribution in [0.2, 0.25) is 0 Å². The minimum absolute atomic E-state index is 0.0606. The zero-order valence-electron chi connectivity index (χ0n) is 13.7. The summed E-state index contributed by atoms with van der Waals surface area (Å²) in [6, 6.07) is 18.0. The topological polar surface area (TPSA) is 46.9 Å². The normalized spacial score (nSPS) is 12.2. The predicted molar refractivity (Wildman–Crippen MR) is 101 cm³/mol. The molecule has 0 saturated carbocycles. The van der Waals surface area contributed by atoms with E-state index < -0.39 is 0 Å². The molecule has 2 heterocycles. The zero-order valence-corrected chi connectivity index (χ0v) is 14.5. The first-order valence-electron chi connectivity index (χ1n) is 8.09. The third kappa shape index (κ3) is 2.94. The van der Waals surface area contributed by atoms with Gasteiger partial charge in [-0.15, -0.1) is 11.3 Å². The number of hydrogen-bond donors (Lipinski definition) is 1. The maximum absolute atomic E-state index is 13.0. The Kier molecular flexibility index (Phi) is 4.07. The second-order valence-corrected chi connectivity index (χ2v) is 6.90. The molecule has 0 bridgehead atoms. The monoisotopic (exact) mass is 347 g/mol. The first kappa shape index (κ1) is 15.6. The number of amides is 1. The van der Waals surface area contributed by atoms with Crippen LogP contribution in [0.25, 0.3) is 15.8 Å². The second kappa shape index (κ2) is 6.53. The quantitative estimate of drug-likeness (QED) is 0.587.